The SMILES string of the molecule is C[C@H](NC(=O)COC(=O)C1=Cc2ccccc2OC1)c1cccs1. The van der Waals surface area contributed by atoms with Crippen molar-refractivity contribution in [3.05, 3.63) is 57.8 Å². The molecular weight excluding hydrogens is 326 g/mol. The van der Waals surface area contributed by atoms with Crippen LogP contribution in [0, 0.1) is 0 Å². The van der Waals surface area contributed by atoms with Gasteiger partial charge in [0.25, 0.3) is 5.91 Å². The van der Waals surface area contributed by atoms with Crippen LogP contribution >= 0.6 is 11.3 Å². The third-order valence-corrected chi connectivity index (χ3v) is 4.63. The minimum atomic E-state index is -0.538. The number of ether oxygens (including phenoxy) is 2. The fourth-order valence-corrected chi connectivity index (χ4v) is 3.08. The Bertz CT molecular complexity index is 767. The molecule has 1 atom stereocenters. The molecule has 1 amide bonds. The van der Waals surface area contributed by atoms with E-state index in [0.717, 1.165) is 16.2 Å². The van der Waals surface area contributed by atoms with E-state index in [0.29, 0.717) is 5.57 Å². The molecule has 1 aromatic carbocycles. The molecule has 24 heavy (non-hydrogen) atoms. The van der Waals surface area contributed by atoms with E-state index in [-0.39, 0.29) is 25.2 Å². The second-order valence-corrected chi connectivity index (χ2v) is 6.36. The van der Waals surface area contributed by atoms with Crippen LogP contribution in [-0.2, 0) is 14.3 Å². The summed E-state index contributed by atoms with van der Waals surface area (Å²) in [5.41, 5.74) is 1.22. The lowest BCUT2D eigenvalue weighted by Crippen LogP contribution is -2.31. The summed E-state index contributed by atoms with van der Waals surface area (Å²) in [6.45, 7) is 1.72. The van der Waals surface area contributed by atoms with Gasteiger partial charge in [0.05, 0.1) is 11.6 Å². The summed E-state index contributed by atoms with van der Waals surface area (Å²) in [7, 11) is 0. The second-order valence-electron chi connectivity index (χ2n) is 5.38. The van der Waals surface area contributed by atoms with Gasteiger partial charge in [-0.05, 0) is 30.5 Å². The summed E-state index contributed by atoms with van der Waals surface area (Å²) in [6, 6.07) is 11.2. The van der Waals surface area contributed by atoms with Crippen LogP contribution in [0.3, 0.4) is 0 Å². The minimum absolute atomic E-state index is 0.111. The molecule has 6 heteroatoms. The number of fused-ring (bicyclic) bond motifs is 1. The lowest BCUT2D eigenvalue weighted by Gasteiger charge is -2.17. The van der Waals surface area contributed by atoms with Gasteiger partial charge in [-0.25, -0.2) is 4.79 Å². The standard InChI is InChI=1S/C18H17NO4S/c1-12(16-7-4-8-24-16)19-17(20)11-23-18(21)14-9-13-5-2-3-6-15(13)22-10-14/h2-9,12H,10-11H2,1H3,(H,19,20)/t12-/m0/s1. The lowest BCUT2D eigenvalue weighted by molar-refractivity contribution is -0.145. The number of nitrogens with one attached hydrogen (secondary N) is 1. The summed E-state index contributed by atoms with van der Waals surface area (Å²) in [6.07, 6.45) is 1.73. The van der Waals surface area contributed by atoms with Gasteiger partial charge in [0.15, 0.2) is 6.61 Å². The van der Waals surface area contributed by atoms with Crippen molar-refractivity contribution in [2.24, 2.45) is 0 Å². The number of carbonyl (C=O) groups excluding carboxylic acids is 2. The Balaban J connectivity index is 1.52. The zero-order valence-electron chi connectivity index (χ0n) is 13.2. The van der Waals surface area contributed by atoms with Gasteiger partial charge in [0.1, 0.15) is 12.4 Å². The zero-order valence-corrected chi connectivity index (χ0v) is 14.0. The van der Waals surface area contributed by atoms with Crippen LogP contribution < -0.4 is 10.1 Å². The number of amides is 1. The highest BCUT2D eigenvalue weighted by Gasteiger charge is 2.19. The van der Waals surface area contributed by atoms with Gasteiger partial charge in [-0.1, -0.05) is 24.3 Å². The van der Waals surface area contributed by atoms with Crippen molar-refractivity contribution < 1.29 is 19.1 Å². The summed E-state index contributed by atoms with van der Waals surface area (Å²) < 4.78 is 10.6. The third kappa shape index (κ3) is 3.83. The highest BCUT2D eigenvalue weighted by molar-refractivity contribution is 7.10. The molecule has 1 aromatic heterocycles. The first-order chi connectivity index (χ1) is 11.6. The maximum absolute atomic E-state index is 12.1. The molecule has 0 unspecified atom stereocenters. The molecule has 1 N–H and O–H groups in total. The fraction of sp³-hybridized carbons (Fsp3) is 0.222. The van der Waals surface area contributed by atoms with E-state index in [1.54, 1.807) is 17.4 Å². The fourth-order valence-electron chi connectivity index (χ4n) is 2.35. The van der Waals surface area contributed by atoms with Gasteiger partial charge in [-0.2, -0.15) is 0 Å². The van der Waals surface area contributed by atoms with E-state index in [2.05, 4.69) is 5.32 Å². The van der Waals surface area contributed by atoms with Crippen LogP contribution in [-0.4, -0.2) is 25.1 Å². The van der Waals surface area contributed by atoms with Crippen molar-refractivity contribution >= 4 is 29.3 Å². The highest BCUT2D eigenvalue weighted by Crippen LogP contribution is 2.26. The van der Waals surface area contributed by atoms with Crippen LogP contribution in [0.5, 0.6) is 5.75 Å². The first-order valence-electron chi connectivity index (χ1n) is 7.56. The second kappa shape index (κ2) is 7.31. The Morgan fingerprint density at radius 3 is 2.92 bits per heavy atom. The predicted molar refractivity (Wildman–Crippen MR) is 91.7 cm³/mol. The predicted octanol–water partition coefficient (Wildman–Crippen LogP) is 2.94. The van der Waals surface area contributed by atoms with Crippen molar-refractivity contribution in [3.63, 3.8) is 0 Å². The first kappa shape index (κ1) is 16.3. The van der Waals surface area contributed by atoms with E-state index in [1.807, 2.05) is 48.7 Å². The Kier molecular flexibility index (Phi) is 4.96. The van der Waals surface area contributed by atoms with Crippen molar-refractivity contribution in [2.45, 2.75) is 13.0 Å². The van der Waals surface area contributed by atoms with Crippen LogP contribution in [0.2, 0.25) is 0 Å². The number of carbonyl (C=O) groups is 2. The van der Waals surface area contributed by atoms with Crippen molar-refractivity contribution in [1.29, 1.82) is 0 Å². The average molecular weight is 343 g/mol. The van der Waals surface area contributed by atoms with E-state index in [1.165, 1.54) is 0 Å². The molecule has 124 valence electrons. The van der Waals surface area contributed by atoms with Gasteiger partial charge in [-0.15, -0.1) is 11.3 Å². The van der Waals surface area contributed by atoms with Gasteiger partial charge < -0.3 is 14.8 Å². The van der Waals surface area contributed by atoms with Crippen molar-refractivity contribution in [3.8, 4) is 5.75 Å². The molecule has 3 rings (SSSR count). The molecule has 1 aliphatic rings. The Morgan fingerprint density at radius 1 is 1.29 bits per heavy atom. The van der Waals surface area contributed by atoms with Crippen LogP contribution in [0.15, 0.2) is 47.4 Å². The highest BCUT2D eigenvalue weighted by atomic mass is 32.1. The molecule has 5 nitrogen and oxygen atoms in total. The topological polar surface area (TPSA) is 64.6 Å². The van der Waals surface area contributed by atoms with Crippen molar-refractivity contribution in [1.82, 2.24) is 5.32 Å². The Labute approximate surface area is 143 Å². The number of para-hydroxylation sites is 1. The van der Waals surface area contributed by atoms with Crippen molar-refractivity contribution in [2.75, 3.05) is 13.2 Å². The van der Waals surface area contributed by atoms with Crippen LogP contribution in [0.25, 0.3) is 6.08 Å². The molecule has 0 bridgehead atoms. The van der Waals surface area contributed by atoms with Gasteiger partial charge in [0, 0.05) is 10.4 Å². The average Bonchev–Trinajstić information content (AvgIpc) is 3.14. The summed E-state index contributed by atoms with van der Waals surface area (Å²) in [5.74, 6) is -0.137. The quantitative estimate of drug-likeness (QED) is 0.848. The maximum Gasteiger partial charge on any atom is 0.338 e. The van der Waals surface area contributed by atoms with E-state index < -0.39 is 5.97 Å². The number of esters is 1. The zero-order chi connectivity index (χ0) is 16.9. The number of benzene rings is 1. The van der Waals surface area contributed by atoms with Gasteiger partial charge in [0.2, 0.25) is 0 Å². The molecule has 0 aliphatic carbocycles. The Morgan fingerprint density at radius 2 is 2.12 bits per heavy atom. The summed E-state index contributed by atoms with van der Waals surface area (Å²) >= 11 is 1.57. The summed E-state index contributed by atoms with van der Waals surface area (Å²) in [5, 5.41) is 4.75. The number of hydrogen-bond donors (Lipinski definition) is 1. The number of thiophene rings is 1. The number of rotatable bonds is 5. The lowest BCUT2D eigenvalue weighted by atomic mass is 10.1. The molecule has 2 heterocycles. The molecule has 1 aliphatic heterocycles. The largest absolute Gasteiger partial charge is 0.488 e. The molecule has 0 fully saturated rings. The number of hydrogen-bond acceptors (Lipinski definition) is 5. The molecule has 0 spiro atoms. The molecule has 0 saturated carbocycles. The summed E-state index contributed by atoms with van der Waals surface area (Å²) in [4.78, 5) is 25.0. The third-order valence-electron chi connectivity index (χ3n) is 3.58. The molecule has 0 radical (unpaired) electrons. The van der Waals surface area contributed by atoms with E-state index >= 15 is 0 Å². The van der Waals surface area contributed by atoms with Gasteiger partial charge in [-0.3, -0.25) is 4.79 Å². The van der Waals surface area contributed by atoms with Crippen LogP contribution in [0.4, 0.5) is 0 Å². The minimum Gasteiger partial charge on any atom is -0.488 e. The molecule has 2 aromatic rings. The molecule has 0 saturated heterocycles. The first-order valence-corrected chi connectivity index (χ1v) is 8.44. The van der Waals surface area contributed by atoms with Gasteiger partial charge >= 0.3 is 5.97 Å². The monoisotopic (exact) mass is 343 g/mol. The van der Waals surface area contributed by atoms with Crippen LogP contribution in [0.1, 0.15) is 23.4 Å². The normalized spacial score (nSPS) is 14.0. The maximum atomic E-state index is 12.1. The van der Waals surface area contributed by atoms with E-state index in [9.17, 15) is 9.59 Å². The molecular formula is C18H17NO4S. The smallest absolute Gasteiger partial charge is 0.338 e. The van der Waals surface area contributed by atoms with E-state index in [4.69, 9.17) is 9.47 Å². The Hall–Kier alpha value is -2.60.